The SMILES string of the molecule is C=C(/C=C\C(O)=C/C)/N=C1\C=C(OCCO)C(=N)C=C1N. The first kappa shape index (κ1) is 16.5. The molecule has 0 unspecified atom stereocenters. The Balaban J connectivity index is 2.93. The van der Waals surface area contributed by atoms with Gasteiger partial charge in [0, 0.05) is 6.08 Å². The molecule has 0 amide bonds. The van der Waals surface area contributed by atoms with Crippen LogP contribution in [0.2, 0.25) is 0 Å². The van der Waals surface area contributed by atoms with Crippen LogP contribution in [-0.2, 0) is 4.74 Å². The number of rotatable bonds is 6. The molecule has 6 nitrogen and oxygen atoms in total. The molecule has 0 bridgehead atoms. The Morgan fingerprint density at radius 3 is 2.81 bits per heavy atom. The summed E-state index contributed by atoms with van der Waals surface area (Å²) in [6.45, 7) is 5.38. The maximum Gasteiger partial charge on any atom is 0.146 e. The first-order valence-corrected chi connectivity index (χ1v) is 6.30. The Hall–Kier alpha value is -2.60. The summed E-state index contributed by atoms with van der Waals surface area (Å²) in [7, 11) is 0. The first-order valence-electron chi connectivity index (χ1n) is 6.30. The minimum Gasteiger partial charge on any atom is -0.508 e. The van der Waals surface area contributed by atoms with Crippen LogP contribution < -0.4 is 5.73 Å². The van der Waals surface area contributed by atoms with Crippen LogP contribution in [0.25, 0.3) is 0 Å². The minimum absolute atomic E-state index is 0.0885. The number of aliphatic imine (C=N–C) groups is 1. The van der Waals surface area contributed by atoms with E-state index in [-0.39, 0.29) is 30.4 Å². The second kappa shape index (κ2) is 7.86. The molecule has 0 saturated carbocycles. The van der Waals surface area contributed by atoms with E-state index >= 15 is 0 Å². The van der Waals surface area contributed by atoms with Gasteiger partial charge in [0.2, 0.25) is 0 Å². The van der Waals surface area contributed by atoms with Crippen LogP contribution in [0.3, 0.4) is 0 Å². The van der Waals surface area contributed by atoms with Gasteiger partial charge >= 0.3 is 0 Å². The Labute approximate surface area is 123 Å². The van der Waals surface area contributed by atoms with Crippen LogP contribution in [0.5, 0.6) is 0 Å². The molecule has 5 N–H and O–H groups in total. The number of nitrogens with one attached hydrogen (secondary N) is 1. The van der Waals surface area contributed by atoms with Gasteiger partial charge in [0.15, 0.2) is 0 Å². The predicted octanol–water partition coefficient (Wildman–Crippen LogP) is 1.73. The zero-order valence-electron chi connectivity index (χ0n) is 11.8. The lowest BCUT2D eigenvalue weighted by Crippen LogP contribution is -2.20. The van der Waals surface area contributed by atoms with Crippen molar-refractivity contribution in [1.82, 2.24) is 0 Å². The second-order valence-electron chi connectivity index (χ2n) is 4.13. The monoisotopic (exact) mass is 289 g/mol. The standard InChI is InChI=1S/C15H19N3O3/c1-3-11(20)5-4-10(2)18-14-9-15(21-7-6-19)13(17)8-12(14)16/h3-5,8-9,17,19-20H,2,6-7,16H2,1H3/b5-4-,11-3+,17-13?,18-14+. The number of ether oxygens (including phenoxy) is 1. The van der Waals surface area contributed by atoms with Crippen LogP contribution in [0.4, 0.5) is 0 Å². The van der Waals surface area contributed by atoms with Gasteiger partial charge in [-0.3, -0.25) is 5.41 Å². The zero-order valence-corrected chi connectivity index (χ0v) is 11.8. The molecule has 112 valence electrons. The molecule has 21 heavy (non-hydrogen) atoms. The Morgan fingerprint density at radius 2 is 2.19 bits per heavy atom. The molecule has 0 heterocycles. The molecule has 0 aromatic carbocycles. The topological polar surface area (TPSA) is 112 Å². The molecule has 1 rings (SSSR count). The molecule has 0 aromatic heterocycles. The van der Waals surface area contributed by atoms with Crippen molar-refractivity contribution < 1.29 is 14.9 Å². The minimum atomic E-state index is -0.144. The summed E-state index contributed by atoms with van der Waals surface area (Å²) in [5.41, 5.74) is 7.04. The lowest BCUT2D eigenvalue weighted by molar-refractivity contribution is 0.156. The lowest BCUT2D eigenvalue weighted by Gasteiger charge is -2.14. The lowest BCUT2D eigenvalue weighted by atomic mass is 10.1. The summed E-state index contributed by atoms with van der Waals surface area (Å²) < 4.78 is 5.23. The number of allylic oxidation sites excluding steroid dienone is 5. The van der Waals surface area contributed by atoms with E-state index in [1.165, 1.54) is 30.4 Å². The van der Waals surface area contributed by atoms with Crippen molar-refractivity contribution in [3.05, 3.63) is 59.9 Å². The molecular formula is C15H19N3O3. The Bertz CT molecular complexity index is 581. The average molecular weight is 289 g/mol. The number of nitrogens with two attached hydrogens (primary N) is 1. The Morgan fingerprint density at radius 1 is 1.48 bits per heavy atom. The van der Waals surface area contributed by atoms with E-state index in [2.05, 4.69) is 11.6 Å². The largest absolute Gasteiger partial charge is 0.508 e. The van der Waals surface area contributed by atoms with Crippen LogP contribution in [-0.4, -0.2) is 34.9 Å². The summed E-state index contributed by atoms with van der Waals surface area (Å²) in [5.74, 6) is 0.387. The van der Waals surface area contributed by atoms with Crippen molar-refractivity contribution in [1.29, 1.82) is 5.41 Å². The molecule has 0 spiro atoms. The van der Waals surface area contributed by atoms with Crippen molar-refractivity contribution in [3.8, 4) is 0 Å². The fourth-order valence-electron chi connectivity index (χ4n) is 1.43. The first-order chi connectivity index (χ1) is 9.97. The molecule has 1 aliphatic carbocycles. The molecule has 0 fully saturated rings. The van der Waals surface area contributed by atoms with Gasteiger partial charge in [-0.2, -0.15) is 0 Å². The highest BCUT2D eigenvalue weighted by Crippen LogP contribution is 2.13. The third-order valence-electron chi connectivity index (χ3n) is 2.48. The number of hydrogen-bond acceptors (Lipinski definition) is 6. The highest BCUT2D eigenvalue weighted by Gasteiger charge is 2.15. The van der Waals surface area contributed by atoms with Crippen LogP contribution in [0.15, 0.2) is 64.9 Å². The zero-order chi connectivity index (χ0) is 15.8. The van der Waals surface area contributed by atoms with E-state index in [1.807, 2.05) is 0 Å². The smallest absolute Gasteiger partial charge is 0.146 e. The molecule has 0 radical (unpaired) electrons. The predicted molar refractivity (Wildman–Crippen MR) is 83.2 cm³/mol. The van der Waals surface area contributed by atoms with Crippen molar-refractivity contribution in [2.75, 3.05) is 13.2 Å². The fraction of sp³-hybridized carbons (Fsp3) is 0.200. The quantitative estimate of drug-likeness (QED) is 0.339. The maximum absolute atomic E-state index is 9.30. The van der Waals surface area contributed by atoms with Gasteiger partial charge in [-0.25, -0.2) is 4.99 Å². The second-order valence-corrected chi connectivity index (χ2v) is 4.13. The van der Waals surface area contributed by atoms with Gasteiger partial charge in [0.25, 0.3) is 0 Å². The van der Waals surface area contributed by atoms with Crippen molar-refractivity contribution in [3.63, 3.8) is 0 Å². The third-order valence-corrected chi connectivity index (χ3v) is 2.48. The average Bonchev–Trinajstić information content (AvgIpc) is 2.46. The molecule has 0 atom stereocenters. The molecule has 1 aliphatic rings. The summed E-state index contributed by atoms with van der Waals surface area (Å²) >= 11 is 0. The van der Waals surface area contributed by atoms with E-state index < -0.39 is 0 Å². The van der Waals surface area contributed by atoms with Gasteiger partial charge in [0.1, 0.15) is 18.1 Å². The van der Waals surface area contributed by atoms with E-state index in [0.29, 0.717) is 17.1 Å². The molecule has 0 aliphatic heterocycles. The molecule has 0 saturated heterocycles. The van der Waals surface area contributed by atoms with E-state index in [1.54, 1.807) is 6.92 Å². The molecular weight excluding hydrogens is 270 g/mol. The van der Waals surface area contributed by atoms with Gasteiger partial charge in [-0.1, -0.05) is 6.58 Å². The van der Waals surface area contributed by atoms with Crippen molar-refractivity contribution in [2.45, 2.75) is 6.92 Å². The van der Waals surface area contributed by atoms with Crippen LogP contribution >= 0.6 is 0 Å². The maximum atomic E-state index is 9.30. The fourth-order valence-corrected chi connectivity index (χ4v) is 1.43. The summed E-state index contributed by atoms with van der Waals surface area (Å²) in [6, 6.07) is 0. The van der Waals surface area contributed by atoms with E-state index in [4.69, 9.17) is 21.0 Å². The van der Waals surface area contributed by atoms with Gasteiger partial charge in [0.05, 0.1) is 29.4 Å². The van der Waals surface area contributed by atoms with Gasteiger partial charge in [-0.15, -0.1) is 0 Å². The number of nitrogens with zero attached hydrogens (tertiary/aromatic N) is 1. The molecule has 0 aromatic rings. The molecule has 6 heteroatoms. The summed E-state index contributed by atoms with van der Waals surface area (Å²) in [4.78, 5) is 4.20. The summed E-state index contributed by atoms with van der Waals surface area (Å²) in [6.07, 6.45) is 7.48. The summed E-state index contributed by atoms with van der Waals surface area (Å²) in [5, 5.41) is 25.8. The van der Waals surface area contributed by atoms with Crippen LogP contribution in [0, 0.1) is 5.41 Å². The van der Waals surface area contributed by atoms with E-state index in [0.717, 1.165) is 0 Å². The highest BCUT2D eigenvalue weighted by atomic mass is 16.5. The normalized spacial score (nSPS) is 17.9. The van der Waals surface area contributed by atoms with Crippen LogP contribution in [0.1, 0.15) is 6.92 Å². The van der Waals surface area contributed by atoms with Gasteiger partial charge in [-0.05, 0) is 31.2 Å². The Kier molecular flexibility index (Phi) is 6.16. The number of aliphatic hydroxyl groups is 2. The van der Waals surface area contributed by atoms with E-state index in [9.17, 15) is 5.11 Å². The van der Waals surface area contributed by atoms with Gasteiger partial charge < -0.3 is 20.7 Å². The van der Waals surface area contributed by atoms with Crippen molar-refractivity contribution >= 4 is 11.4 Å². The highest BCUT2D eigenvalue weighted by molar-refractivity contribution is 6.21. The third kappa shape index (κ3) is 5.12. The van der Waals surface area contributed by atoms with Crippen molar-refractivity contribution in [2.24, 2.45) is 10.7 Å². The number of aliphatic hydroxyl groups excluding tert-OH is 2. The number of hydrogen-bond donors (Lipinski definition) is 4.